The normalized spacial score (nSPS) is 10.7. The molecule has 2 heterocycles. The Bertz CT molecular complexity index is 718. The first-order chi connectivity index (χ1) is 8.75. The highest BCUT2D eigenvalue weighted by Gasteiger charge is 2.08. The number of carboxylic acid groups (broad SMARTS) is 1. The highest BCUT2D eigenvalue weighted by molar-refractivity contribution is 5.85. The van der Waals surface area contributed by atoms with E-state index in [1.807, 2.05) is 24.3 Å². The van der Waals surface area contributed by atoms with Crippen LogP contribution in [0.25, 0.3) is 16.7 Å². The zero-order valence-corrected chi connectivity index (χ0v) is 9.19. The molecule has 0 bridgehead atoms. The molecule has 6 heteroatoms. The molecule has 6 nitrogen and oxygen atoms in total. The van der Waals surface area contributed by atoms with Crippen molar-refractivity contribution in [1.29, 1.82) is 0 Å². The van der Waals surface area contributed by atoms with Gasteiger partial charge >= 0.3 is 5.97 Å². The topological polar surface area (TPSA) is 80.9 Å². The largest absolute Gasteiger partial charge is 0.476 e. The second-order valence-electron chi connectivity index (χ2n) is 3.68. The summed E-state index contributed by atoms with van der Waals surface area (Å²) in [6.45, 7) is 0. The summed E-state index contributed by atoms with van der Waals surface area (Å²) in [7, 11) is 0. The summed E-state index contributed by atoms with van der Waals surface area (Å²) in [4.78, 5) is 18.6. The maximum atomic E-state index is 10.7. The summed E-state index contributed by atoms with van der Waals surface area (Å²) in [5.74, 6) is -0.611. The molecule has 0 aliphatic carbocycles. The van der Waals surface area contributed by atoms with Gasteiger partial charge in [-0.2, -0.15) is 5.10 Å². The van der Waals surface area contributed by atoms with Crippen molar-refractivity contribution >= 4 is 16.9 Å². The second-order valence-corrected chi connectivity index (χ2v) is 3.68. The van der Waals surface area contributed by atoms with Crippen LogP contribution < -0.4 is 0 Å². The second kappa shape index (κ2) is 3.92. The van der Waals surface area contributed by atoms with Gasteiger partial charge in [-0.25, -0.2) is 19.4 Å². The molecule has 88 valence electrons. The molecule has 18 heavy (non-hydrogen) atoms. The molecule has 0 saturated carbocycles. The minimum Gasteiger partial charge on any atom is -0.476 e. The molecule has 2 aromatic heterocycles. The highest BCUT2D eigenvalue weighted by Crippen LogP contribution is 2.15. The molecule has 0 amide bonds. The van der Waals surface area contributed by atoms with E-state index in [1.165, 1.54) is 12.4 Å². The van der Waals surface area contributed by atoms with E-state index >= 15 is 0 Å². The van der Waals surface area contributed by atoms with Crippen molar-refractivity contribution in [2.45, 2.75) is 0 Å². The Morgan fingerprint density at radius 1 is 1.11 bits per heavy atom. The molecule has 0 spiro atoms. The number of hydrogen-bond acceptors (Lipinski definition) is 4. The Morgan fingerprint density at radius 3 is 2.67 bits per heavy atom. The number of hydrogen-bond donors (Lipinski definition) is 1. The maximum absolute atomic E-state index is 10.7. The van der Waals surface area contributed by atoms with E-state index in [9.17, 15) is 4.79 Å². The monoisotopic (exact) mass is 240 g/mol. The van der Waals surface area contributed by atoms with Gasteiger partial charge in [0.05, 0.1) is 24.1 Å². The van der Waals surface area contributed by atoms with Crippen molar-refractivity contribution in [2.24, 2.45) is 0 Å². The summed E-state index contributed by atoms with van der Waals surface area (Å²) < 4.78 is 1.62. The molecule has 1 N–H and O–H groups in total. The van der Waals surface area contributed by atoms with Crippen LogP contribution in [-0.4, -0.2) is 30.8 Å². The number of benzene rings is 1. The van der Waals surface area contributed by atoms with Gasteiger partial charge in [0, 0.05) is 5.39 Å². The molecule has 0 radical (unpaired) electrons. The van der Waals surface area contributed by atoms with E-state index in [0.717, 1.165) is 10.9 Å². The van der Waals surface area contributed by atoms with Gasteiger partial charge < -0.3 is 5.11 Å². The van der Waals surface area contributed by atoms with E-state index in [1.54, 1.807) is 10.9 Å². The maximum Gasteiger partial charge on any atom is 0.356 e. The zero-order valence-electron chi connectivity index (χ0n) is 9.19. The van der Waals surface area contributed by atoms with Crippen molar-refractivity contribution in [3.8, 4) is 5.82 Å². The minimum atomic E-state index is -1.10. The Labute approximate surface area is 102 Å². The van der Waals surface area contributed by atoms with E-state index in [2.05, 4.69) is 15.1 Å². The molecule has 3 rings (SSSR count). The average Bonchev–Trinajstić information content (AvgIpc) is 2.82. The van der Waals surface area contributed by atoms with Crippen LogP contribution in [0.1, 0.15) is 10.5 Å². The fraction of sp³-hybridized carbons (Fsp3) is 0. The summed E-state index contributed by atoms with van der Waals surface area (Å²) in [5, 5.41) is 13.9. The molecule has 0 unspecified atom stereocenters. The van der Waals surface area contributed by atoms with Crippen LogP contribution in [0.4, 0.5) is 0 Å². The van der Waals surface area contributed by atoms with E-state index < -0.39 is 5.97 Å². The summed E-state index contributed by atoms with van der Waals surface area (Å²) in [6, 6.07) is 7.68. The number of rotatable bonds is 2. The zero-order chi connectivity index (χ0) is 12.5. The number of carbonyl (C=O) groups is 1. The van der Waals surface area contributed by atoms with Crippen molar-refractivity contribution in [3.05, 3.63) is 48.5 Å². The highest BCUT2D eigenvalue weighted by atomic mass is 16.4. The molecule has 0 fully saturated rings. The van der Waals surface area contributed by atoms with Crippen LogP contribution in [-0.2, 0) is 0 Å². The SMILES string of the molecule is O=C(O)c1cnc(-n2ncc3ccccc32)cn1. The molecule has 0 saturated heterocycles. The van der Waals surface area contributed by atoms with E-state index in [0.29, 0.717) is 5.82 Å². The van der Waals surface area contributed by atoms with Gasteiger partial charge in [0.25, 0.3) is 0 Å². The first-order valence-corrected chi connectivity index (χ1v) is 5.24. The third-order valence-corrected chi connectivity index (χ3v) is 2.55. The van der Waals surface area contributed by atoms with Crippen LogP contribution in [0.5, 0.6) is 0 Å². The lowest BCUT2D eigenvalue weighted by Gasteiger charge is -2.01. The first kappa shape index (κ1) is 10.4. The van der Waals surface area contributed by atoms with Crippen molar-refractivity contribution in [1.82, 2.24) is 19.7 Å². The molecule has 3 aromatic rings. The number of para-hydroxylation sites is 1. The fourth-order valence-electron chi connectivity index (χ4n) is 1.70. The van der Waals surface area contributed by atoms with Crippen molar-refractivity contribution in [2.75, 3.05) is 0 Å². The average molecular weight is 240 g/mol. The number of nitrogens with zero attached hydrogens (tertiary/aromatic N) is 4. The Kier molecular flexibility index (Phi) is 2.26. The summed E-state index contributed by atoms with van der Waals surface area (Å²) >= 11 is 0. The Hall–Kier alpha value is -2.76. The fourth-order valence-corrected chi connectivity index (χ4v) is 1.70. The molecular weight excluding hydrogens is 232 g/mol. The first-order valence-electron chi connectivity index (χ1n) is 5.24. The number of aromatic carboxylic acids is 1. The third-order valence-electron chi connectivity index (χ3n) is 2.55. The van der Waals surface area contributed by atoms with E-state index in [-0.39, 0.29) is 5.69 Å². The number of fused-ring (bicyclic) bond motifs is 1. The Morgan fingerprint density at radius 2 is 1.94 bits per heavy atom. The van der Waals surface area contributed by atoms with Gasteiger partial charge in [-0.3, -0.25) is 0 Å². The summed E-state index contributed by atoms with van der Waals surface area (Å²) in [6.07, 6.45) is 4.33. The number of carboxylic acids is 1. The van der Waals surface area contributed by atoms with Crippen LogP contribution in [0, 0.1) is 0 Å². The lowest BCUT2D eigenvalue weighted by atomic mass is 10.3. The Balaban J connectivity index is 2.12. The van der Waals surface area contributed by atoms with E-state index in [4.69, 9.17) is 5.11 Å². The van der Waals surface area contributed by atoms with Crippen LogP contribution in [0.2, 0.25) is 0 Å². The quantitative estimate of drug-likeness (QED) is 0.734. The molecule has 0 aliphatic heterocycles. The minimum absolute atomic E-state index is 0.0878. The van der Waals surface area contributed by atoms with Crippen molar-refractivity contribution in [3.63, 3.8) is 0 Å². The smallest absolute Gasteiger partial charge is 0.356 e. The van der Waals surface area contributed by atoms with Gasteiger partial charge in [0.1, 0.15) is 0 Å². The predicted octanol–water partition coefficient (Wildman–Crippen LogP) is 1.51. The van der Waals surface area contributed by atoms with Gasteiger partial charge in [0.15, 0.2) is 11.5 Å². The van der Waals surface area contributed by atoms with Gasteiger partial charge in [-0.1, -0.05) is 18.2 Å². The third kappa shape index (κ3) is 1.60. The molecule has 0 atom stereocenters. The lowest BCUT2D eigenvalue weighted by Crippen LogP contribution is -2.05. The van der Waals surface area contributed by atoms with Gasteiger partial charge in [0.2, 0.25) is 0 Å². The molecule has 1 aromatic carbocycles. The van der Waals surface area contributed by atoms with Crippen LogP contribution in [0.3, 0.4) is 0 Å². The predicted molar refractivity (Wildman–Crippen MR) is 63.6 cm³/mol. The summed E-state index contributed by atoms with van der Waals surface area (Å²) in [5.41, 5.74) is 0.810. The van der Waals surface area contributed by atoms with Crippen molar-refractivity contribution < 1.29 is 9.90 Å². The molecular formula is C12H8N4O2. The van der Waals surface area contributed by atoms with Crippen LogP contribution in [0.15, 0.2) is 42.9 Å². The lowest BCUT2D eigenvalue weighted by molar-refractivity contribution is 0.0690. The van der Waals surface area contributed by atoms with Gasteiger partial charge in [-0.05, 0) is 6.07 Å². The van der Waals surface area contributed by atoms with Crippen LogP contribution >= 0.6 is 0 Å². The standard InChI is InChI=1S/C12H8N4O2/c17-12(18)9-6-14-11(7-13-9)16-10-4-2-1-3-8(10)5-15-16/h1-7H,(H,17,18). The number of aromatic nitrogens is 4. The van der Waals surface area contributed by atoms with Gasteiger partial charge in [-0.15, -0.1) is 0 Å². The molecule has 0 aliphatic rings.